The standard InChI is InChI=1S/C12H16BrNO2S/c1-14(2)10(8-4-5-9(13)17-8)12(11(15)16)6-3-7-12/h4-5,10H,3,6-7H2,1-2H3,(H,15,16). The van der Waals surface area contributed by atoms with Crippen molar-refractivity contribution in [2.75, 3.05) is 14.1 Å². The Bertz CT molecular complexity index is 426. The number of hydrogen-bond acceptors (Lipinski definition) is 3. The maximum Gasteiger partial charge on any atom is 0.311 e. The van der Waals surface area contributed by atoms with Gasteiger partial charge < -0.3 is 10.0 Å². The SMILES string of the molecule is CN(C)C(c1ccc(Br)s1)C1(C(=O)O)CCC1. The molecule has 1 aliphatic rings. The molecule has 0 saturated heterocycles. The van der Waals surface area contributed by atoms with E-state index in [-0.39, 0.29) is 6.04 Å². The smallest absolute Gasteiger partial charge is 0.311 e. The van der Waals surface area contributed by atoms with Crippen LogP contribution in [0.3, 0.4) is 0 Å². The Kier molecular flexibility index (Phi) is 3.61. The lowest BCUT2D eigenvalue weighted by Gasteiger charge is -2.46. The van der Waals surface area contributed by atoms with Crippen molar-refractivity contribution < 1.29 is 9.90 Å². The van der Waals surface area contributed by atoms with E-state index >= 15 is 0 Å². The second-order valence-electron chi connectivity index (χ2n) is 4.82. The summed E-state index contributed by atoms with van der Waals surface area (Å²) in [5, 5.41) is 9.54. The zero-order valence-electron chi connectivity index (χ0n) is 9.94. The molecule has 0 aromatic carbocycles. The Balaban J connectivity index is 2.38. The number of hydrogen-bond donors (Lipinski definition) is 1. The lowest BCUT2D eigenvalue weighted by atomic mass is 9.63. The predicted octanol–water partition coefficient (Wildman–Crippen LogP) is 3.37. The van der Waals surface area contributed by atoms with Crippen molar-refractivity contribution in [3.63, 3.8) is 0 Å². The monoisotopic (exact) mass is 317 g/mol. The van der Waals surface area contributed by atoms with Crippen LogP contribution >= 0.6 is 27.3 Å². The van der Waals surface area contributed by atoms with Crippen molar-refractivity contribution in [3.8, 4) is 0 Å². The van der Waals surface area contributed by atoms with Crippen molar-refractivity contribution in [1.82, 2.24) is 4.90 Å². The van der Waals surface area contributed by atoms with Gasteiger partial charge in [0.25, 0.3) is 0 Å². The molecule has 3 nitrogen and oxygen atoms in total. The fraction of sp³-hybridized carbons (Fsp3) is 0.583. The Morgan fingerprint density at radius 2 is 2.18 bits per heavy atom. The van der Waals surface area contributed by atoms with Gasteiger partial charge in [-0.05, 0) is 55.0 Å². The first-order chi connectivity index (χ1) is 7.97. The number of thiophene rings is 1. The van der Waals surface area contributed by atoms with E-state index in [4.69, 9.17) is 0 Å². The molecule has 1 fully saturated rings. The first-order valence-corrected chi connectivity index (χ1v) is 7.23. The van der Waals surface area contributed by atoms with Gasteiger partial charge >= 0.3 is 5.97 Å². The van der Waals surface area contributed by atoms with Crippen LogP contribution in [0.1, 0.15) is 30.2 Å². The molecule has 1 N–H and O–H groups in total. The number of carboxylic acid groups (broad SMARTS) is 1. The van der Waals surface area contributed by atoms with Crippen LogP contribution in [-0.4, -0.2) is 30.1 Å². The molecule has 5 heteroatoms. The predicted molar refractivity (Wildman–Crippen MR) is 72.4 cm³/mol. The molecular weight excluding hydrogens is 302 g/mol. The highest BCUT2D eigenvalue weighted by Gasteiger charge is 2.52. The number of rotatable bonds is 4. The van der Waals surface area contributed by atoms with Crippen LogP contribution in [0.4, 0.5) is 0 Å². The van der Waals surface area contributed by atoms with Crippen LogP contribution < -0.4 is 0 Å². The van der Waals surface area contributed by atoms with Crippen molar-refractivity contribution >= 4 is 33.2 Å². The summed E-state index contributed by atoms with van der Waals surface area (Å²) >= 11 is 5.08. The van der Waals surface area contributed by atoms with Crippen molar-refractivity contribution in [2.45, 2.75) is 25.3 Å². The minimum atomic E-state index is -0.660. The van der Waals surface area contributed by atoms with Gasteiger partial charge in [-0.3, -0.25) is 4.79 Å². The average molecular weight is 318 g/mol. The van der Waals surface area contributed by atoms with Crippen LogP contribution in [0, 0.1) is 5.41 Å². The molecule has 1 unspecified atom stereocenters. The second-order valence-corrected chi connectivity index (χ2v) is 7.32. The normalized spacial score (nSPS) is 20.0. The van der Waals surface area contributed by atoms with Gasteiger partial charge in [-0.1, -0.05) is 6.42 Å². The zero-order valence-corrected chi connectivity index (χ0v) is 12.3. The summed E-state index contributed by atoms with van der Waals surface area (Å²) in [6.45, 7) is 0. The molecule has 1 aromatic rings. The second kappa shape index (κ2) is 4.71. The van der Waals surface area contributed by atoms with E-state index < -0.39 is 11.4 Å². The Labute approximate surface area is 114 Å². The van der Waals surface area contributed by atoms with Gasteiger partial charge in [0.15, 0.2) is 0 Å². The molecule has 0 radical (unpaired) electrons. The van der Waals surface area contributed by atoms with E-state index in [1.54, 1.807) is 11.3 Å². The molecule has 0 aliphatic heterocycles. The molecule has 94 valence electrons. The summed E-state index contributed by atoms with van der Waals surface area (Å²) in [5.74, 6) is -0.660. The van der Waals surface area contributed by atoms with Crippen LogP contribution in [0.2, 0.25) is 0 Å². The quantitative estimate of drug-likeness (QED) is 0.925. The van der Waals surface area contributed by atoms with Gasteiger partial charge in [0.05, 0.1) is 15.2 Å². The minimum absolute atomic E-state index is 0.0231. The fourth-order valence-corrected chi connectivity index (χ4v) is 4.40. The maximum absolute atomic E-state index is 11.6. The highest BCUT2D eigenvalue weighted by molar-refractivity contribution is 9.11. The molecule has 1 aromatic heterocycles. The number of aliphatic carboxylic acids is 1. The van der Waals surface area contributed by atoms with E-state index in [0.29, 0.717) is 0 Å². The van der Waals surface area contributed by atoms with Gasteiger partial charge in [0.2, 0.25) is 0 Å². The summed E-state index contributed by atoms with van der Waals surface area (Å²) in [5.41, 5.74) is -0.589. The largest absolute Gasteiger partial charge is 0.481 e. The maximum atomic E-state index is 11.6. The van der Waals surface area contributed by atoms with E-state index in [9.17, 15) is 9.90 Å². The van der Waals surface area contributed by atoms with Gasteiger partial charge in [0.1, 0.15) is 0 Å². The average Bonchev–Trinajstić information content (AvgIpc) is 2.56. The third-order valence-corrected chi connectivity index (χ3v) is 5.25. The van der Waals surface area contributed by atoms with Crippen molar-refractivity contribution in [2.24, 2.45) is 5.41 Å². The Hall–Kier alpha value is -0.390. The molecular formula is C12H16BrNO2S. The van der Waals surface area contributed by atoms with Crippen LogP contribution in [0.5, 0.6) is 0 Å². The van der Waals surface area contributed by atoms with Gasteiger partial charge in [-0.25, -0.2) is 0 Å². The molecule has 0 amide bonds. The molecule has 2 rings (SSSR count). The summed E-state index contributed by atoms with van der Waals surface area (Å²) in [4.78, 5) is 14.8. The molecule has 1 heterocycles. The number of carbonyl (C=O) groups is 1. The third-order valence-electron chi connectivity index (χ3n) is 3.58. The molecule has 1 atom stereocenters. The van der Waals surface area contributed by atoms with Gasteiger partial charge in [-0.15, -0.1) is 11.3 Å². The van der Waals surface area contributed by atoms with E-state index in [2.05, 4.69) is 15.9 Å². The lowest BCUT2D eigenvalue weighted by Crippen LogP contribution is -2.48. The molecule has 0 bridgehead atoms. The van der Waals surface area contributed by atoms with Crippen LogP contribution in [0.25, 0.3) is 0 Å². The number of carboxylic acids is 1. The summed E-state index contributed by atoms with van der Waals surface area (Å²) < 4.78 is 1.05. The van der Waals surface area contributed by atoms with Crippen LogP contribution in [0.15, 0.2) is 15.9 Å². The third kappa shape index (κ3) is 2.16. The fourth-order valence-electron chi connectivity index (χ4n) is 2.66. The van der Waals surface area contributed by atoms with E-state index in [0.717, 1.165) is 27.9 Å². The minimum Gasteiger partial charge on any atom is -0.481 e. The topological polar surface area (TPSA) is 40.5 Å². The van der Waals surface area contributed by atoms with E-state index in [1.807, 2.05) is 31.1 Å². The molecule has 0 spiro atoms. The highest BCUT2D eigenvalue weighted by atomic mass is 79.9. The number of nitrogens with zero attached hydrogens (tertiary/aromatic N) is 1. The Morgan fingerprint density at radius 3 is 2.47 bits per heavy atom. The van der Waals surface area contributed by atoms with E-state index in [1.165, 1.54) is 0 Å². The first-order valence-electron chi connectivity index (χ1n) is 5.62. The van der Waals surface area contributed by atoms with Gasteiger partial charge in [0, 0.05) is 4.88 Å². The lowest BCUT2D eigenvalue weighted by molar-refractivity contribution is -0.160. The summed E-state index contributed by atoms with van der Waals surface area (Å²) in [6, 6.07) is 4.00. The summed E-state index contributed by atoms with van der Waals surface area (Å²) in [6.07, 6.45) is 2.57. The number of halogens is 1. The zero-order chi connectivity index (χ0) is 12.6. The van der Waals surface area contributed by atoms with Crippen LogP contribution in [-0.2, 0) is 4.79 Å². The molecule has 17 heavy (non-hydrogen) atoms. The van der Waals surface area contributed by atoms with Crippen molar-refractivity contribution in [1.29, 1.82) is 0 Å². The Morgan fingerprint density at radius 1 is 1.53 bits per heavy atom. The van der Waals surface area contributed by atoms with Crippen molar-refractivity contribution in [3.05, 3.63) is 20.8 Å². The summed E-state index contributed by atoms with van der Waals surface area (Å²) in [7, 11) is 3.92. The van der Waals surface area contributed by atoms with Gasteiger partial charge in [-0.2, -0.15) is 0 Å². The first kappa shape index (κ1) is 13.1. The molecule has 1 saturated carbocycles. The highest BCUT2D eigenvalue weighted by Crippen LogP contribution is 2.53. The molecule has 1 aliphatic carbocycles.